The summed E-state index contributed by atoms with van der Waals surface area (Å²) in [5.41, 5.74) is 3.54. The molecule has 0 aromatic heterocycles. The van der Waals surface area contributed by atoms with E-state index in [0.29, 0.717) is 52.0 Å². The van der Waals surface area contributed by atoms with E-state index >= 15 is 0 Å². The zero-order valence-electron chi connectivity index (χ0n) is 21.9. The summed E-state index contributed by atoms with van der Waals surface area (Å²) < 4.78 is 32.6. The van der Waals surface area contributed by atoms with Gasteiger partial charge in [0.1, 0.15) is 23.0 Å². The van der Waals surface area contributed by atoms with Crippen LogP contribution in [0.15, 0.2) is 42.5 Å². The molecular formula is C28H29Cl3O7. The van der Waals surface area contributed by atoms with E-state index < -0.39 is 4.30 Å². The number of fused-ring (bicyclic) bond motifs is 2. The third-order valence-corrected chi connectivity index (χ3v) is 6.24. The summed E-state index contributed by atoms with van der Waals surface area (Å²) in [7, 11) is 9.49. The van der Waals surface area contributed by atoms with Gasteiger partial charge in [0, 0.05) is 29.2 Å². The first-order valence-corrected chi connectivity index (χ1v) is 12.7. The van der Waals surface area contributed by atoms with Crippen LogP contribution in [0.5, 0.6) is 34.5 Å². The Hall–Kier alpha value is -3.00. The number of rotatable bonds is 7. The molecule has 7 nitrogen and oxygen atoms in total. The number of benzene rings is 3. The van der Waals surface area contributed by atoms with E-state index in [1.54, 1.807) is 60.9 Å². The molecule has 0 amide bonds. The number of carbonyl (C=O) groups is 1. The molecule has 3 aromatic rings. The minimum Gasteiger partial charge on any atom is -0.497 e. The second-order valence-electron chi connectivity index (χ2n) is 8.10. The Bertz CT molecular complexity index is 1290. The highest BCUT2D eigenvalue weighted by molar-refractivity contribution is 6.63. The SMILES string of the molecule is COc1cc2c(c(OC)c1)C(=O)c1cc(OC)cc(OC)c1[C@H](c1ccc(OC)c(OC)c1)C2.ClC(Cl)Cl. The van der Waals surface area contributed by atoms with E-state index in [-0.39, 0.29) is 11.7 Å². The van der Waals surface area contributed by atoms with Crippen molar-refractivity contribution in [2.24, 2.45) is 0 Å². The topological polar surface area (TPSA) is 72.5 Å². The number of carbonyl (C=O) groups excluding carboxylic acids is 1. The fraction of sp³-hybridized carbons (Fsp3) is 0.321. The maximum atomic E-state index is 14.0. The fourth-order valence-electron chi connectivity index (χ4n) is 4.59. The van der Waals surface area contributed by atoms with Gasteiger partial charge in [0.2, 0.25) is 0 Å². The minimum absolute atomic E-state index is 0.162. The highest BCUT2D eigenvalue weighted by Crippen LogP contribution is 2.46. The van der Waals surface area contributed by atoms with Crippen LogP contribution in [0.3, 0.4) is 0 Å². The highest BCUT2D eigenvalue weighted by Gasteiger charge is 2.34. The molecule has 1 aliphatic rings. The molecule has 10 heteroatoms. The summed E-state index contributed by atoms with van der Waals surface area (Å²) >= 11 is 14.4. The van der Waals surface area contributed by atoms with Crippen LogP contribution >= 0.6 is 34.8 Å². The Labute approximate surface area is 237 Å². The van der Waals surface area contributed by atoms with Crippen molar-refractivity contribution in [2.75, 3.05) is 42.7 Å². The van der Waals surface area contributed by atoms with E-state index in [2.05, 4.69) is 0 Å². The standard InChI is InChI=1S/C27H28O7.CHCl3/c1-29-17-9-16-10-19(15-7-8-21(31-3)22(11-15)32-4)26-20(12-18(30-2)14-24(26)34-6)27(28)25(16)23(13-17)33-5;2-1(3)4/h7-9,11-14,19H,10H2,1-6H3;1H/t19-;/m0./s1. The zero-order valence-corrected chi connectivity index (χ0v) is 24.2. The minimum atomic E-state index is -0.750. The lowest BCUT2D eigenvalue weighted by Crippen LogP contribution is -2.10. The molecule has 204 valence electrons. The molecular weight excluding hydrogens is 555 g/mol. The summed E-state index contributed by atoms with van der Waals surface area (Å²) in [6.45, 7) is 0. The second-order valence-corrected chi connectivity index (χ2v) is 10.1. The maximum absolute atomic E-state index is 14.0. The Balaban J connectivity index is 0.000000934. The molecule has 0 radical (unpaired) electrons. The Morgan fingerprint density at radius 3 is 1.79 bits per heavy atom. The van der Waals surface area contributed by atoms with Gasteiger partial charge in [-0.05, 0) is 41.8 Å². The Morgan fingerprint density at radius 1 is 0.684 bits per heavy atom. The Kier molecular flexibility index (Phi) is 10.3. The molecule has 0 aliphatic heterocycles. The quantitative estimate of drug-likeness (QED) is 0.289. The molecule has 0 spiro atoms. The fourth-order valence-corrected chi connectivity index (χ4v) is 4.59. The van der Waals surface area contributed by atoms with Crippen LogP contribution in [0.1, 0.15) is 38.5 Å². The highest BCUT2D eigenvalue weighted by atomic mass is 35.6. The first-order chi connectivity index (χ1) is 18.2. The number of methoxy groups -OCH3 is 6. The van der Waals surface area contributed by atoms with Crippen LogP contribution in [-0.2, 0) is 6.42 Å². The molecule has 0 bridgehead atoms. The molecule has 0 N–H and O–H groups in total. The number of alkyl halides is 3. The first kappa shape index (κ1) is 29.6. The van der Waals surface area contributed by atoms with Crippen LogP contribution in [0.25, 0.3) is 0 Å². The molecule has 1 aliphatic carbocycles. The van der Waals surface area contributed by atoms with E-state index in [1.165, 1.54) is 0 Å². The van der Waals surface area contributed by atoms with Gasteiger partial charge in [0.05, 0.1) is 48.2 Å². The van der Waals surface area contributed by atoms with Gasteiger partial charge in [-0.2, -0.15) is 0 Å². The van der Waals surface area contributed by atoms with Gasteiger partial charge in [0.25, 0.3) is 0 Å². The molecule has 0 fully saturated rings. The van der Waals surface area contributed by atoms with Gasteiger partial charge in [-0.3, -0.25) is 4.79 Å². The van der Waals surface area contributed by atoms with Crippen molar-refractivity contribution in [3.8, 4) is 34.5 Å². The summed E-state index contributed by atoms with van der Waals surface area (Å²) in [6.07, 6.45) is 0.514. The van der Waals surface area contributed by atoms with Gasteiger partial charge in [0.15, 0.2) is 21.6 Å². The molecule has 0 saturated heterocycles. The molecule has 0 heterocycles. The average Bonchev–Trinajstić information content (AvgIpc) is 3.05. The summed E-state index contributed by atoms with van der Waals surface area (Å²) in [6, 6.07) is 12.9. The van der Waals surface area contributed by atoms with E-state index in [4.69, 9.17) is 63.2 Å². The average molecular weight is 584 g/mol. The van der Waals surface area contributed by atoms with Crippen molar-refractivity contribution in [2.45, 2.75) is 16.6 Å². The van der Waals surface area contributed by atoms with E-state index in [9.17, 15) is 4.79 Å². The van der Waals surface area contributed by atoms with Crippen molar-refractivity contribution in [1.29, 1.82) is 0 Å². The van der Waals surface area contributed by atoms with Crippen molar-refractivity contribution in [1.82, 2.24) is 0 Å². The molecule has 38 heavy (non-hydrogen) atoms. The number of halogens is 3. The van der Waals surface area contributed by atoms with Crippen LogP contribution in [0.4, 0.5) is 0 Å². The summed E-state index contributed by atoms with van der Waals surface area (Å²) in [5.74, 6) is 3.02. The third-order valence-electron chi connectivity index (χ3n) is 6.24. The smallest absolute Gasteiger partial charge is 0.197 e. The molecule has 4 rings (SSSR count). The lowest BCUT2D eigenvalue weighted by atomic mass is 9.84. The maximum Gasteiger partial charge on any atom is 0.197 e. The van der Waals surface area contributed by atoms with Crippen molar-refractivity contribution < 1.29 is 33.2 Å². The second kappa shape index (κ2) is 13.2. The van der Waals surface area contributed by atoms with Gasteiger partial charge < -0.3 is 28.4 Å². The third kappa shape index (κ3) is 6.17. The van der Waals surface area contributed by atoms with Crippen LogP contribution in [0, 0.1) is 0 Å². The number of ketones is 1. The zero-order chi connectivity index (χ0) is 28.0. The predicted octanol–water partition coefficient (Wildman–Crippen LogP) is 6.64. The molecule has 0 saturated carbocycles. The summed E-state index contributed by atoms with van der Waals surface area (Å²) in [4.78, 5) is 14.0. The van der Waals surface area contributed by atoms with Gasteiger partial charge in [-0.1, -0.05) is 40.9 Å². The molecule has 0 unspecified atom stereocenters. The first-order valence-electron chi connectivity index (χ1n) is 11.4. The van der Waals surface area contributed by atoms with Crippen LogP contribution in [0.2, 0.25) is 0 Å². The van der Waals surface area contributed by atoms with Gasteiger partial charge in [-0.15, -0.1) is 0 Å². The number of ether oxygens (including phenoxy) is 6. The Morgan fingerprint density at radius 2 is 1.24 bits per heavy atom. The summed E-state index contributed by atoms with van der Waals surface area (Å²) in [5, 5.41) is 0. The van der Waals surface area contributed by atoms with Crippen LogP contribution in [-0.4, -0.2) is 52.7 Å². The van der Waals surface area contributed by atoms with Crippen molar-refractivity contribution in [3.63, 3.8) is 0 Å². The number of hydrogen-bond donors (Lipinski definition) is 0. The largest absolute Gasteiger partial charge is 0.497 e. The van der Waals surface area contributed by atoms with Gasteiger partial charge in [-0.25, -0.2) is 0 Å². The van der Waals surface area contributed by atoms with Crippen molar-refractivity contribution >= 4 is 40.6 Å². The molecule has 3 aromatic carbocycles. The van der Waals surface area contributed by atoms with E-state index in [0.717, 1.165) is 16.7 Å². The molecule has 1 atom stereocenters. The van der Waals surface area contributed by atoms with Crippen LogP contribution < -0.4 is 28.4 Å². The van der Waals surface area contributed by atoms with E-state index in [1.807, 2.05) is 24.3 Å². The van der Waals surface area contributed by atoms with Crippen molar-refractivity contribution in [3.05, 3.63) is 70.3 Å². The monoisotopic (exact) mass is 582 g/mol. The number of hydrogen-bond acceptors (Lipinski definition) is 7. The lowest BCUT2D eigenvalue weighted by Gasteiger charge is -2.22. The normalized spacial score (nSPS) is 13.8. The van der Waals surface area contributed by atoms with Gasteiger partial charge >= 0.3 is 0 Å². The lowest BCUT2D eigenvalue weighted by molar-refractivity contribution is 0.103. The predicted molar refractivity (Wildman–Crippen MR) is 149 cm³/mol.